The van der Waals surface area contributed by atoms with Crippen molar-refractivity contribution in [3.05, 3.63) is 53.6 Å². The third kappa shape index (κ3) is 3.62. The maximum absolute atomic E-state index is 10.9. The molecule has 0 saturated heterocycles. The minimum Gasteiger partial charge on any atom is -0.508 e. The van der Waals surface area contributed by atoms with Crippen molar-refractivity contribution < 1.29 is 19.7 Å². The van der Waals surface area contributed by atoms with Crippen LogP contribution in [0.25, 0.3) is 12.2 Å². The van der Waals surface area contributed by atoms with Gasteiger partial charge < -0.3 is 14.9 Å². The summed E-state index contributed by atoms with van der Waals surface area (Å²) >= 11 is 0. The SMILES string of the molecule is CC(=O)Oc1cc(C=Cc2ccc(O)cc2)ccc1O. The molecule has 0 radical (unpaired) electrons. The van der Waals surface area contributed by atoms with E-state index in [4.69, 9.17) is 4.74 Å². The minimum absolute atomic E-state index is 0.0815. The molecule has 0 spiro atoms. The number of carbonyl (C=O) groups excluding carboxylic acids is 1. The first-order chi connectivity index (χ1) is 9.54. The second-order valence-corrected chi connectivity index (χ2v) is 4.25. The Labute approximate surface area is 116 Å². The Bertz CT molecular complexity index is 642. The van der Waals surface area contributed by atoms with E-state index in [0.29, 0.717) is 0 Å². The van der Waals surface area contributed by atoms with Crippen LogP contribution in [0.5, 0.6) is 17.2 Å². The number of hydrogen-bond donors (Lipinski definition) is 2. The number of ether oxygens (including phenoxy) is 1. The molecule has 2 aromatic rings. The molecule has 0 aliphatic carbocycles. The first-order valence-corrected chi connectivity index (χ1v) is 6.03. The van der Waals surface area contributed by atoms with Crippen LogP contribution in [-0.2, 0) is 4.79 Å². The van der Waals surface area contributed by atoms with Crippen molar-refractivity contribution in [1.82, 2.24) is 0 Å². The summed E-state index contributed by atoms with van der Waals surface area (Å²) in [5, 5.41) is 18.8. The van der Waals surface area contributed by atoms with E-state index in [1.807, 2.05) is 12.2 Å². The first-order valence-electron chi connectivity index (χ1n) is 6.03. The summed E-state index contributed by atoms with van der Waals surface area (Å²) in [5.41, 5.74) is 1.71. The van der Waals surface area contributed by atoms with Crippen molar-refractivity contribution in [1.29, 1.82) is 0 Å². The highest BCUT2D eigenvalue weighted by atomic mass is 16.5. The van der Waals surface area contributed by atoms with Crippen LogP contribution in [0.2, 0.25) is 0 Å². The predicted molar refractivity (Wildman–Crippen MR) is 76.5 cm³/mol. The lowest BCUT2D eigenvalue weighted by molar-refractivity contribution is -0.132. The van der Waals surface area contributed by atoms with Gasteiger partial charge in [0.05, 0.1) is 0 Å². The topological polar surface area (TPSA) is 66.8 Å². The molecular formula is C16H14O4. The van der Waals surface area contributed by atoms with Crippen LogP contribution in [0.1, 0.15) is 18.1 Å². The molecule has 2 N–H and O–H groups in total. The van der Waals surface area contributed by atoms with Gasteiger partial charge in [-0.25, -0.2) is 0 Å². The zero-order valence-electron chi connectivity index (χ0n) is 10.9. The minimum atomic E-state index is -0.486. The summed E-state index contributed by atoms with van der Waals surface area (Å²) in [7, 11) is 0. The molecule has 0 atom stereocenters. The molecule has 2 aromatic carbocycles. The maximum atomic E-state index is 10.9. The van der Waals surface area contributed by atoms with Crippen molar-refractivity contribution in [2.24, 2.45) is 0 Å². The molecule has 2 rings (SSSR count). The van der Waals surface area contributed by atoms with Crippen molar-refractivity contribution in [3.63, 3.8) is 0 Å². The van der Waals surface area contributed by atoms with Crippen LogP contribution in [-0.4, -0.2) is 16.2 Å². The van der Waals surface area contributed by atoms with Gasteiger partial charge in [-0.05, 0) is 35.4 Å². The summed E-state index contributed by atoms with van der Waals surface area (Å²) in [6.45, 7) is 1.28. The fourth-order valence-corrected chi connectivity index (χ4v) is 1.65. The van der Waals surface area contributed by atoms with Crippen molar-refractivity contribution in [2.45, 2.75) is 6.92 Å². The molecule has 0 unspecified atom stereocenters. The Hall–Kier alpha value is -2.75. The third-order valence-electron chi connectivity index (χ3n) is 2.60. The van der Waals surface area contributed by atoms with Gasteiger partial charge in [-0.1, -0.05) is 30.4 Å². The number of carbonyl (C=O) groups is 1. The van der Waals surface area contributed by atoms with Gasteiger partial charge in [0.1, 0.15) is 5.75 Å². The van der Waals surface area contributed by atoms with Crippen molar-refractivity contribution >= 4 is 18.1 Å². The van der Waals surface area contributed by atoms with Gasteiger partial charge in [0.15, 0.2) is 11.5 Å². The molecule has 102 valence electrons. The third-order valence-corrected chi connectivity index (χ3v) is 2.60. The first kappa shape index (κ1) is 13.7. The zero-order valence-corrected chi connectivity index (χ0v) is 10.9. The molecule has 0 aliphatic rings. The Morgan fingerprint density at radius 2 is 1.60 bits per heavy atom. The normalized spacial score (nSPS) is 10.7. The van der Waals surface area contributed by atoms with Gasteiger partial charge in [-0.3, -0.25) is 4.79 Å². The Kier molecular flexibility index (Phi) is 4.05. The highest BCUT2D eigenvalue weighted by molar-refractivity contribution is 5.73. The molecule has 4 heteroatoms. The zero-order chi connectivity index (χ0) is 14.5. The largest absolute Gasteiger partial charge is 0.508 e. The van der Waals surface area contributed by atoms with Gasteiger partial charge >= 0.3 is 5.97 Å². The molecule has 0 heterocycles. The summed E-state index contributed by atoms with van der Waals surface area (Å²) in [4.78, 5) is 10.9. The van der Waals surface area contributed by atoms with E-state index in [0.717, 1.165) is 11.1 Å². The fraction of sp³-hybridized carbons (Fsp3) is 0.0625. The van der Waals surface area contributed by atoms with Gasteiger partial charge in [0.2, 0.25) is 0 Å². The Balaban J connectivity index is 2.20. The van der Waals surface area contributed by atoms with Crippen LogP contribution in [0.3, 0.4) is 0 Å². The highest BCUT2D eigenvalue weighted by Gasteiger charge is 2.05. The highest BCUT2D eigenvalue weighted by Crippen LogP contribution is 2.27. The van der Waals surface area contributed by atoms with Crippen LogP contribution in [0.4, 0.5) is 0 Å². The van der Waals surface area contributed by atoms with E-state index >= 15 is 0 Å². The quantitative estimate of drug-likeness (QED) is 0.510. The molecule has 0 aromatic heterocycles. The summed E-state index contributed by atoms with van der Waals surface area (Å²) in [6, 6.07) is 11.5. The van der Waals surface area contributed by atoms with Gasteiger partial charge in [0, 0.05) is 6.92 Å². The predicted octanol–water partition coefficient (Wildman–Crippen LogP) is 3.19. The molecule has 0 fully saturated rings. The van der Waals surface area contributed by atoms with Crippen LogP contribution >= 0.6 is 0 Å². The van der Waals surface area contributed by atoms with E-state index in [2.05, 4.69) is 0 Å². The number of hydrogen-bond acceptors (Lipinski definition) is 4. The van der Waals surface area contributed by atoms with E-state index in [-0.39, 0.29) is 17.2 Å². The fourth-order valence-electron chi connectivity index (χ4n) is 1.65. The van der Waals surface area contributed by atoms with Crippen LogP contribution in [0, 0.1) is 0 Å². The maximum Gasteiger partial charge on any atom is 0.308 e. The smallest absolute Gasteiger partial charge is 0.308 e. The Morgan fingerprint density at radius 3 is 2.25 bits per heavy atom. The molecule has 0 bridgehead atoms. The van der Waals surface area contributed by atoms with Crippen molar-refractivity contribution in [3.8, 4) is 17.2 Å². The standard InChI is InChI=1S/C16H14O4/c1-11(17)20-16-10-13(6-9-15(16)19)3-2-12-4-7-14(18)8-5-12/h2-10,18-19H,1H3. The molecule has 0 aliphatic heterocycles. The number of esters is 1. The Morgan fingerprint density at radius 1 is 1.00 bits per heavy atom. The second-order valence-electron chi connectivity index (χ2n) is 4.25. The lowest BCUT2D eigenvalue weighted by Crippen LogP contribution is -2.01. The molecule has 0 amide bonds. The van der Waals surface area contributed by atoms with Gasteiger partial charge in [-0.15, -0.1) is 0 Å². The van der Waals surface area contributed by atoms with Gasteiger partial charge in [0.25, 0.3) is 0 Å². The van der Waals surface area contributed by atoms with E-state index in [1.165, 1.54) is 13.0 Å². The summed E-state index contributed by atoms with van der Waals surface area (Å²) in [5.74, 6) is -0.226. The lowest BCUT2D eigenvalue weighted by atomic mass is 10.1. The monoisotopic (exact) mass is 270 g/mol. The van der Waals surface area contributed by atoms with Gasteiger partial charge in [-0.2, -0.15) is 0 Å². The van der Waals surface area contributed by atoms with E-state index in [9.17, 15) is 15.0 Å². The molecule has 0 saturated carbocycles. The number of phenols is 2. The van der Waals surface area contributed by atoms with Crippen LogP contribution in [0.15, 0.2) is 42.5 Å². The summed E-state index contributed by atoms with van der Waals surface area (Å²) in [6.07, 6.45) is 3.67. The number of rotatable bonds is 3. The van der Waals surface area contributed by atoms with Crippen molar-refractivity contribution in [2.75, 3.05) is 0 Å². The summed E-state index contributed by atoms with van der Waals surface area (Å²) < 4.78 is 4.90. The molecule has 20 heavy (non-hydrogen) atoms. The molecule has 4 nitrogen and oxygen atoms in total. The molecular weight excluding hydrogens is 256 g/mol. The van der Waals surface area contributed by atoms with E-state index < -0.39 is 5.97 Å². The number of benzene rings is 2. The number of aromatic hydroxyl groups is 2. The number of phenolic OH excluding ortho intramolecular Hbond substituents is 2. The van der Waals surface area contributed by atoms with E-state index in [1.54, 1.807) is 36.4 Å². The average Bonchev–Trinajstić information content (AvgIpc) is 2.41. The van der Waals surface area contributed by atoms with Crippen LogP contribution < -0.4 is 4.74 Å². The lowest BCUT2D eigenvalue weighted by Gasteiger charge is -2.04. The second kappa shape index (κ2) is 5.93. The average molecular weight is 270 g/mol.